The first-order valence-electron chi connectivity index (χ1n) is 6.96. The third kappa shape index (κ3) is 5.17. The third-order valence-corrected chi connectivity index (χ3v) is 3.68. The van der Waals surface area contributed by atoms with Crippen molar-refractivity contribution < 1.29 is 0 Å². The van der Waals surface area contributed by atoms with Crippen molar-refractivity contribution in [3.05, 3.63) is 81.6 Å². The van der Waals surface area contributed by atoms with Gasteiger partial charge in [-0.1, -0.05) is 58.4 Å². The van der Waals surface area contributed by atoms with Crippen molar-refractivity contribution in [1.82, 2.24) is 0 Å². The zero-order valence-electron chi connectivity index (χ0n) is 11.8. The summed E-state index contributed by atoms with van der Waals surface area (Å²) in [7, 11) is 0. The van der Waals surface area contributed by atoms with Crippen LogP contribution in [0.4, 0.5) is 0 Å². The predicted molar refractivity (Wildman–Crippen MR) is 91.5 cm³/mol. The standard InChI is InChI=1S/C18H17BrN2/c1-20-13-5-8-18(16-9-11-17(19)12-10-16)21-14-15-6-3-2-4-7-15/h2-4,6-7,9-12H,5,8,13-14H2. The molecule has 21 heavy (non-hydrogen) atoms. The highest BCUT2D eigenvalue weighted by Gasteiger charge is 2.05. The van der Waals surface area contributed by atoms with E-state index >= 15 is 0 Å². The van der Waals surface area contributed by atoms with Gasteiger partial charge >= 0.3 is 0 Å². The first-order chi connectivity index (χ1) is 10.3. The molecule has 0 aliphatic carbocycles. The number of nitrogens with zero attached hydrogens (tertiary/aromatic N) is 2. The molecule has 0 bridgehead atoms. The molecule has 2 nitrogen and oxygen atoms in total. The minimum atomic E-state index is 0.556. The fraction of sp³-hybridized carbons (Fsp3) is 0.222. The second kappa shape index (κ2) is 8.39. The zero-order valence-corrected chi connectivity index (χ0v) is 13.4. The van der Waals surface area contributed by atoms with Crippen LogP contribution in [0.1, 0.15) is 24.0 Å². The van der Waals surface area contributed by atoms with Gasteiger partial charge in [0.25, 0.3) is 0 Å². The Labute approximate surface area is 134 Å². The second-order valence-electron chi connectivity index (χ2n) is 4.74. The molecule has 2 aromatic rings. The van der Waals surface area contributed by atoms with E-state index in [1.54, 1.807) is 0 Å². The molecule has 0 atom stereocenters. The van der Waals surface area contributed by atoms with E-state index in [4.69, 9.17) is 11.6 Å². The van der Waals surface area contributed by atoms with Crippen LogP contribution in [0.25, 0.3) is 4.85 Å². The molecule has 106 valence electrons. The van der Waals surface area contributed by atoms with Crippen molar-refractivity contribution in [1.29, 1.82) is 0 Å². The molecule has 0 saturated heterocycles. The number of rotatable bonds is 6. The van der Waals surface area contributed by atoms with E-state index < -0.39 is 0 Å². The molecule has 0 amide bonds. The number of halogens is 1. The highest BCUT2D eigenvalue weighted by molar-refractivity contribution is 9.10. The Morgan fingerprint density at radius 3 is 2.43 bits per heavy atom. The third-order valence-electron chi connectivity index (χ3n) is 3.16. The van der Waals surface area contributed by atoms with Crippen LogP contribution in [0.5, 0.6) is 0 Å². The van der Waals surface area contributed by atoms with Crippen molar-refractivity contribution in [3.8, 4) is 0 Å². The fourth-order valence-corrected chi connectivity index (χ4v) is 2.32. The van der Waals surface area contributed by atoms with E-state index in [2.05, 4.69) is 45.0 Å². The Bertz CT molecular complexity index is 625. The summed E-state index contributed by atoms with van der Waals surface area (Å²) in [4.78, 5) is 8.19. The lowest BCUT2D eigenvalue weighted by molar-refractivity contribution is 0.935. The van der Waals surface area contributed by atoms with Gasteiger partial charge in [-0.05, 0) is 29.7 Å². The van der Waals surface area contributed by atoms with Crippen molar-refractivity contribution >= 4 is 21.6 Å². The lowest BCUT2D eigenvalue weighted by atomic mass is 10.1. The van der Waals surface area contributed by atoms with Gasteiger partial charge in [-0.3, -0.25) is 4.99 Å². The molecular weight excluding hydrogens is 324 g/mol. The molecule has 0 saturated carbocycles. The van der Waals surface area contributed by atoms with Crippen LogP contribution < -0.4 is 0 Å². The summed E-state index contributed by atoms with van der Waals surface area (Å²) in [6, 6.07) is 18.5. The van der Waals surface area contributed by atoms with E-state index in [0.29, 0.717) is 13.1 Å². The van der Waals surface area contributed by atoms with E-state index in [1.807, 2.05) is 30.3 Å². The van der Waals surface area contributed by atoms with Crippen molar-refractivity contribution in [2.45, 2.75) is 19.4 Å². The Balaban J connectivity index is 2.15. The summed E-state index contributed by atoms with van der Waals surface area (Å²) >= 11 is 3.45. The maximum atomic E-state index is 6.90. The number of hydrogen-bond acceptors (Lipinski definition) is 1. The van der Waals surface area contributed by atoms with Gasteiger partial charge in [0.05, 0.1) is 6.54 Å². The molecule has 0 aliphatic heterocycles. The number of aliphatic imine (C=N–C) groups is 1. The molecular formula is C18H17BrN2. The maximum Gasteiger partial charge on any atom is 0.215 e. The lowest BCUT2D eigenvalue weighted by Crippen LogP contribution is -2.03. The van der Waals surface area contributed by atoms with E-state index in [0.717, 1.165) is 28.6 Å². The van der Waals surface area contributed by atoms with Gasteiger partial charge in [-0.15, -0.1) is 0 Å². The zero-order chi connectivity index (χ0) is 14.9. The van der Waals surface area contributed by atoms with Crippen LogP contribution in [-0.4, -0.2) is 12.3 Å². The van der Waals surface area contributed by atoms with E-state index in [-0.39, 0.29) is 0 Å². The average molecular weight is 341 g/mol. The van der Waals surface area contributed by atoms with Gasteiger partial charge < -0.3 is 4.85 Å². The van der Waals surface area contributed by atoms with Gasteiger partial charge in [0.1, 0.15) is 0 Å². The van der Waals surface area contributed by atoms with E-state index in [1.165, 1.54) is 5.56 Å². The summed E-state index contributed by atoms with van der Waals surface area (Å²) in [6.07, 6.45) is 1.70. The average Bonchev–Trinajstić information content (AvgIpc) is 2.53. The molecule has 2 aromatic carbocycles. The Morgan fingerprint density at radius 2 is 1.76 bits per heavy atom. The SMILES string of the molecule is [C-]#[N+]CCCC(=NCc1ccccc1)c1ccc(Br)cc1. The Kier molecular flexibility index (Phi) is 6.18. The van der Waals surface area contributed by atoms with Gasteiger partial charge in [0.2, 0.25) is 6.54 Å². The number of hydrogen-bond donors (Lipinski definition) is 0. The minimum Gasteiger partial charge on any atom is -0.317 e. The lowest BCUT2D eigenvalue weighted by Gasteiger charge is -2.06. The molecule has 0 N–H and O–H groups in total. The van der Waals surface area contributed by atoms with Crippen molar-refractivity contribution in [3.63, 3.8) is 0 Å². The summed E-state index contributed by atoms with van der Waals surface area (Å²) in [5.74, 6) is 0. The van der Waals surface area contributed by atoms with Gasteiger partial charge in [-0.25, -0.2) is 6.57 Å². The molecule has 0 radical (unpaired) electrons. The predicted octanol–water partition coefficient (Wildman–Crippen LogP) is 5.14. The van der Waals surface area contributed by atoms with Crippen LogP contribution in [0.3, 0.4) is 0 Å². The van der Waals surface area contributed by atoms with Crippen molar-refractivity contribution in [2.75, 3.05) is 6.54 Å². The Morgan fingerprint density at radius 1 is 1.05 bits per heavy atom. The van der Waals surface area contributed by atoms with Gasteiger partial charge in [-0.2, -0.15) is 0 Å². The second-order valence-corrected chi connectivity index (χ2v) is 5.66. The van der Waals surface area contributed by atoms with Crippen LogP contribution in [-0.2, 0) is 6.54 Å². The van der Waals surface area contributed by atoms with Crippen molar-refractivity contribution in [2.24, 2.45) is 4.99 Å². The summed E-state index contributed by atoms with van der Waals surface area (Å²) < 4.78 is 1.06. The molecule has 0 unspecified atom stereocenters. The molecule has 2 rings (SSSR count). The first kappa shape index (κ1) is 15.5. The smallest absolute Gasteiger partial charge is 0.215 e. The van der Waals surface area contributed by atoms with Crippen LogP contribution in [0, 0.1) is 6.57 Å². The highest BCUT2D eigenvalue weighted by Crippen LogP contribution is 2.14. The highest BCUT2D eigenvalue weighted by atomic mass is 79.9. The largest absolute Gasteiger partial charge is 0.317 e. The molecule has 0 aromatic heterocycles. The molecule has 3 heteroatoms. The van der Waals surface area contributed by atoms with Crippen LogP contribution >= 0.6 is 15.9 Å². The normalized spacial score (nSPS) is 11.1. The van der Waals surface area contributed by atoms with Gasteiger partial charge in [0.15, 0.2) is 0 Å². The maximum absolute atomic E-state index is 6.90. The quantitative estimate of drug-likeness (QED) is 0.393. The molecule has 0 fully saturated rings. The summed E-state index contributed by atoms with van der Waals surface area (Å²) in [5, 5.41) is 0. The van der Waals surface area contributed by atoms with Gasteiger partial charge in [0, 0.05) is 16.6 Å². The molecule has 0 aliphatic rings. The number of benzene rings is 2. The fourth-order valence-electron chi connectivity index (χ4n) is 2.05. The topological polar surface area (TPSA) is 16.7 Å². The van der Waals surface area contributed by atoms with Crippen LogP contribution in [0.2, 0.25) is 0 Å². The molecule has 0 spiro atoms. The molecule has 0 heterocycles. The summed E-state index contributed by atoms with van der Waals surface area (Å²) in [5.41, 5.74) is 3.42. The minimum absolute atomic E-state index is 0.556. The van der Waals surface area contributed by atoms with Crippen LogP contribution in [0.15, 0.2) is 64.1 Å². The monoisotopic (exact) mass is 340 g/mol. The first-order valence-corrected chi connectivity index (χ1v) is 7.75. The Hall–Kier alpha value is -1.92. The van der Waals surface area contributed by atoms with E-state index in [9.17, 15) is 0 Å². The summed E-state index contributed by atoms with van der Waals surface area (Å²) in [6.45, 7) is 8.14.